The Morgan fingerprint density at radius 2 is 2.28 bits per heavy atom. The molecule has 0 spiro atoms. The molecule has 1 aliphatic heterocycles. The lowest BCUT2D eigenvalue weighted by molar-refractivity contribution is -0.0503. The number of rotatable bonds is 2. The number of hydrogen-bond acceptors (Lipinski definition) is 4. The van der Waals surface area contributed by atoms with Crippen LogP contribution in [-0.4, -0.2) is 41.9 Å². The summed E-state index contributed by atoms with van der Waals surface area (Å²) in [6.45, 7) is 1.80. The molecule has 5 nitrogen and oxygen atoms in total. The van der Waals surface area contributed by atoms with Gasteiger partial charge in [0.25, 0.3) is 0 Å². The van der Waals surface area contributed by atoms with Crippen molar-refractivity contribution in [1.29, 1.82) is 0 Å². The topological polar surface area (TPSA) is 67.2 Å². The molecule has 92 valence electrons. The van der Waals surface area contributed by atoms with Crippen LogP contribution in [0.2, 0.25) is 0 Å². The molecule has 1 aromatic heterocycles. The van der Waals surface area contributed by atoms with E-state index in [9.17, 15) is 9.90 Å². The van der Waals surface area contributed by atoms with Crippen LogP contribution in [0.25, 0.3) is 0 Å². The van der Waals surface area contributed by atoms with Gasteiger partial charge in [0, 0.05) is 17.2 Å². The second kappa shape index (κ2) is 4.68. The molecule has 0 amide bonds. The molecule has 0 aliphatic carbocycles. The average Bonchev–Trinajstić information content (AvgIpc) is 2.72. The summed E-state index contributed by atoms with van der Waals surface area (Å²) in [6.07, 6.45) is 1.46. The molecule has 2 unspecified atom stereocenters. The zero-order valence-corrected chi connectivity index (χ0v) is 10.7. The zero-order chi connectivity index (χ0) is 13.5. The Kier molecular flexibility index (Phi) is 3.53. The lowest BCUT2D eigenvalue weighted by atomic mass is 9.61. The quantitative estimate of drug-likeness (QED) is 0.575. The summed E-state index contributed by atoms with van der Waals surface area (Å²) in [4.78, 5) is 14.3. The van der Waals surface area contributed by atoms with E-state index in [1.807, 2.05) is 0 Å². The van der Waals surface area contributed by atoms with Gasteiger partial charge in [-0.25, -0.2) is 4.79 Å². The normalized spacial score (nSPS) is 24.3. The van der Waals surface area contributed by atoms with Crippen LogP contribution in [0.4, 0.5) is 0 Å². The van der Waals surface area contributed by atoms with Gasteiger partial charge in [-0.2, -0.15) is 0 Å². The molecule has 0 saturated carbocycles. The van der Waals surface area contributed by atoms with Gasteiger partial charge in [-0.15, -0.1) is 0 Å². The van der Waals surface area contributed by atoms with Crippen molar-refractivity contribution < 1.29 is 9.84 Å². The van der Waals surface area contributed by atoms with Crippen molar-refractivity contribution in [3.05, 3.63) is 26.9 Å². The van der Waals surface area contributed by atoms with E-state index in [0.29, 0.717) is 17.5 Å². The monoisotopic (exact) mass is 262 g/mol. The molecule has 1 saturated heterocycles. The highest BCUT2D eigenvalue weighted by Gasteiger charge is 2.35. The number of aromatic amines is 1. The molecule has 18 heavy (non-hydrogen) atoms. The molecule has 2 N–H and O–H groups in total. The van der Waals surface area contributed by atoms with Crippen molar-refractivity contribution in [2.45, 2.75) is 37.5 Å². The SMILES string of the molecule is [B]C([B])(O)C1CCC(n2cc(C)c(=S)[nH]c2=O)O1. The van der Waals surface area contributed by atoms with Gasteiger partial charge in [-0.1, -0.05) is 12.2 Å². The Hall–Kier alpha value is -0.850. The summed E-state index contributed by atoms with van der Waals surface area (Å²) >= 11 is 4.97. The van der Waals surface area contributed by atoms with Gasteiger partial charge in [-0.3, -0.25) is 9.55 Å². The molecule has 0 aromatic carbocycles. The lowest BCUT2D eigenvalue weighted by Crippen LogP contribution is -2.43. The summed E-state index contributed by atoms with van der Waals surface area (Å²) in [5.41, 5.74) is 0.418. The lowest BCUT2D eigenvalue weighted by Gasteiger charge is -2.27. The fourth-order valence-corrected chi connectivity index (χ4v) is 2.10. The first-order valence-electron chi connectivity index (χ1n) is 5.56. The molecule has 1 aromatic rings. The van der Waals surface area contributed by atoms with E-state index in [4.69, 9.17) is 32.6 Å². The molecular formula is C10H12B2N2O3S. The largest absolute Gasteiger partial charge is 0.407 e. The molecule has 2 atom stereocenters. The number of H-pyrrole nitrogens is 1. The Labute approximate surface area is 112 Å². The highest BCUT2D eigenvalue weighted by molar-refractivity contribution is 7.71. The van der Waals surface area contributed by atoms with Gasteiger partial charge < -0.3 is 9.84 Å². The van der Waals surface area contributed by atoms with E-state index in [0.717, 1.165) is 5.56 Å². The minimum atomic E-state index is -1.89. The minimum absolute atomic E-state index is 0.353. The van der Waals surface area contributed by atoms with Crippen LogP contribution in [0.1, 0.15) is 24.6 Å². The predicted molar refractivity (Wildman–Crippen MR) is 70.2 cm³/mol. The van der Waals surface area contributed by atoms with Gasteiger partial charge in [0.1, 0.15) is 26.6 Å². The Balaban J connectivity index is 2.28. The molecule has 2 heterocycles. The maximum atomic E-state index is 11.8. The molecule has 1 fully saturated rings. The molecule has 1 aliphatic rings. The predicted octanol–water partition coefficient (Wildman–Crippen LogP) is -0.125. The van der Waals surface area contributed by atoms with Crippen molar-refractivity contribution in [3.63, 3.8) is 0 Å². The van der Waals surface area contributed by atoms with Crippen molar-refractivity contribution in [1.82, 2.24) is 9.55 Å². The van der Waals surface area contributed by atoms with E-state index >= 15 is 0 Å². The summed E-state index contributed by atoms with van der Waals surface area (Å²) in [6, 6.07) is 0. The summed E-state index contributed by atoms with van der Waals surface area (Å²) in [5, 5.41) is 7.58. The third-order valence-electron chi connectivity index (χ3n) is 2.97. The highest BCUT2D eigenvalue weighted by atomic mass is 32.1. The zero-order valence-electron chi connectivity index (χ0n) is 9.92. The van der Waals surface area contributed by atoms with Gasteiger partial charge in [-0.05, 0) is 19.8 Å². The van der Waals surface area contributed by atoms with Crippen molar-refractivity contribution >= 4 is 27.9 Å². The first-order chi connectivity index (χ1) is 8.29. The van der Waals surface area contributed by atoms with Gasteiger partial charge >= 0.3 is 5.69 Å². The first-order valence-corrected chi connectivity index (χ1v) is 5.97. The van der Waals surface area contributed by atoms with Crippen molar-refractivity contribution in [3.8, 4) is 0 Å². The number of aryl methyl sites for hydroxylation is 1. The van der Waals surface area contributed by atoms with Crippen LogP contribution in [0, 0.1) is 11.6 Å². The van der Waals surface area contributed by atoms with E-state index in [1.54, 1.807) is 13.1 Å². The molecular weight excluding hydrogens is 250 g/mol. The van der Waals surface area contributed by atoms with Crippen LogP contribution < -0.4 is 5.69 Å². The maximum absolute atomic E-state index is 11.8. The smallest absolute Gasteiger partial charge is 0.328 e. The van der Waals surface area contributed by atoms with Crippen molar-refractivity contribution in [2.24, 2.45) is 0 Å². The summed E-state index contributed by atoms with van der Waals surface area (Å²) < 4.78 is 7.30. The Morgan fingerprint density at radius 1 is 1.61 bits per heavy atom. The van der Waals surface area contributed by atoms with Gasteiger partial charge in [0.05, 0.1) is 6.10 Å². The van der Waals surface area contributed by atoms with E-state index in [2.05, 4.69) is 4.98 Å². The van der Waals surface area contributed by atoms with Crippen LogP contribution in [-0.2, 0) is 4.74 Å². The van der Waals surface area contributed by atoms with Crippen LogP contribution in [0.15, 0.2) is 11.0 Å². The summed E-state index contributed by atoms with van der Waals surface area (Å²) in [7, 11) is 10.7. The third kappa shape index (κ3) is 2.60. The Morgan fingerprint density at radius 3 is 2.83 bits per heavy atom. The first kappa shape index (κ1) is 13.6. The average molecular weight is 262 g/mol. The standard InChI is InChI=1S/C10H12B2N2O3S/c1-5-4-14(9(15)13-8(5)18)7-3-2-6(17-7)10(11,12)16/h4,6-7,16H,2-3H2,1H3,(H,13,15,18). The fourth-order valence-electron chi connectivity index (χ4n) is 1.96. The van der Waals surface area contributed by atoms with Gasteiger partial charge in [0.15, 0.2) is 0 Å². The number of nitrogens with zero attached hydrogens (tertiary/aromatic N) is 1. The fraction of sp³-hybridized carbons (Fsp3) is 0.600. The third-order valence-corrected chi connectivity index (χ3v) is 3.39. The van der Waals surface area contributed by atoms with Crippen molar-refractivity contribution in [2.75, 3.05) is 0 Å². The van der Waals surface area contributed by atoms with Crippen LogP contribution >= 0.6 is 12.2 Å². The number of nitrogens with one attached hydrogen (secondary N) is 1. The highest BCUT2D eigenvalue weighted by Crippen LogP contribution is 2.30. The van der Waals surface area contributed by atoms with E-state index < -0.39 is 17.7 Å². The minimum Gasteiger partial charge on any atom is -0.407 e. The number of aliphatic hydroxyl groups is 1. The molecule has 0 bridgehead atoms. The van der Waals surface area contributed by atoms with E-state index in [1.165, 1.54) is 4.57 Å². The maximum Gasteiger partial charge on any atom is 0.328 e. The molecule has 8 heteroatoms. The van der Waals surface area contributed by atoms with Crippen LogP contribution in [0.5, 0.6) is 0 Å². The number of ether oxygens (including phenoxy) is 1. The van der Waals surface area contributed by atoms with Gasteiger partial charge in [0.2, 0.25) is 0 Å². The number of hydrogen-bond donors (Lipinski definition) is 2. The summed E-state index contributed by atoms with van der Waals surface area (Å²) in [5.74, 6) is 0. The number of aromatic nitrogens is 2. The Bertz CT molecular complexity index is 563. The van der Waals surface area contributed by atoms with E-state index in [-0.39, 0.29) is 5.69 Å². The second-order valence-corrected chi connectivity index (χ2v) is 4.93. The molecule has 2 rings (SSSR count). The second-order valence-electron chi connectivity index (χ2n) is 4.52. The van der Waals surface area contributed by atoms with Crippen LogP contribution in [0.3, 0.4) is 0 Å². The molecule has 4 radical (unpaired) electrons.